The molecule has 1 heterocycles. The molecule has 0 saturated carbocycles. The van der Waals surface area contributed by atoms with E-state index in [1.807, 2.05) is 0 Å². The normalized spacial score (nSPS) is 13.8. The molecule has 0 fully saturated rings. The summed E-state index contributed by atoms with van der Waals surface area (Å²) < 4.78 is 13.6. The minimum Gasteiger partial charge on any atom is -0.383 e. The minimum atomic E-state index is -0.321. The molecular formula is C21H24FN3O. The molecule has 4 nitrogen and oxygen atoms in total. The highest BCUT2D eigenvalue weighted by molar-refractivity contribution is 5.94. The topological polar surface area (TPSA) is 54.0 Å². The van der Waals surface area contributed by atoms with E-state index in [0.29, 0.717) is 11.1 Å². The van der Waals surface area contributed by atoms with Gasteiger partial charge >= 0.3 is 0 Å². The molecule has 0 bridgehead atoms. The Morgan fingerprint density at radius 1 is 1.19 bits per heavy atom. The molecule has 0 atom stereocenters. The molecule has 3 rings (SSSR count). The quantitative estimate of drug-likeness (QED) is 0.723. The molecule has 26 heavy (non-hydrogen) atoms. The second-order valence-corrected chi connectivity index (χ2v) is 6.52. The van der Waals surface area contributed by atoms with Crippen molar-refractivity contribution in [2.75, 3.05) is 11.9 Å². The van der Waals surface area contributed by atoms with Crippen LogP contribution in [-0.2, 0) is 6.54 Å². The lowest BCUT2D eigenvalue weighted by molar-refractivity contribution is 0.0950. The molecule has 1 aromatic carbocycles. The Kier molecular flexibility index (Phi) is 6.36. The number of carbonyl (C=O) groups excluding carboxylic acids is 1. The highest BCUT2D eigenvalue weighted by atomic mass is 19.1. The molecule has 1 amide bonds. The zero-order valence-corrected chi connectivity index (χ0v) is 14.8. The molecular weight excluding hydrogens is 329 g/mol. The maximum absolute atomic E-state index is 13.6. The van der Waals surface area contributed by atoms with Crippen LogP contribution in [0.3, 0.4) is 0 Å². The minimum absolute atomic E-state index is 0.150. The number of anilines is 1. The number of nitrogens with one attached hydrogen (secondary N) is 2. The van der Waals surface area contributed by atoms with Crippen molar-refractivity contribution < 1.29 is 9.18 Å². The first kappa shape index (κ1) is 18.1. The fourth-order valence-corrected chi connectivity index (χ4v) is 3.08. The van der Waals surface area contributed by atoms with Crippen molar-refractivity contribution in [2.45, 2.75) is 38.6 Å². The summed E-state index contributed by atoms with van der Waals surface area (Å²) in [4.78, 5) is 16.4. The molecule has 2 N–H and O–H groups in total. The van der Waals surface area contributed by atoms with Gasteiger partial charge in [0.2, 0.25) is 0 Å². The Morgan fingerprint density at radius 3 is 2.88 bits per heavy atom. The van der Waals surface area contributed by atoms with Gasteiger partial charge < -0.3 is 10.6 Å². The van der Waals surface area contributed by atoms with E-state index in [2.05, 4.69) is 21.7 Å². The van der Waals surface area contributed by atoms with Gasteiger partial charge in [-0.2, -0.15) is 0 Å². The van der Waals surface area contributed by atoms with Crippen LogP contribution < -0.4 is 10.6 Å². The van der Waals surface area contributed by atoms with Crippen molar-refractivity contribution in [2.24, 2.45) is 0 Å². The molecule has 1 aliphatic rings. The van der Waals surface area contributed by atoms with Gasteiger partial charge in [0.25, 0.3) is 5.91 Å². The van der Waals surface area contributed by atoms with Crippen LogP contribution in [-0.4, -0.2) is 17.4 Å². The number of nitrogens with zero attached hydrogens (tertiary/aromatic N) is 1. The number of aromatic nitrogens is 1. The van der Waals surface area contributed by atoms with Gasteiger partial charge in [-0.3, -0.25) is 9.78 Å². The van der Waals surface area contributed by atoms with Crippen LogP contribution in [0.2, 0.25) is 0 Å². The highest BCUT2D eigenvalue weighted by Gasteiger charge is 2.09. The second-order valence-electron chi connectivity index (χ2n) is 6.52. The maximum atomic E-state index is 13.6. The molecule has 136 valence electrons. The Bertz CT molecular complexity index is 788. The molecule has 0 saturated heterocycles. The van der Waals surface area contributed by atoms with Crippen LogP contribution in [0, 0.1) is 5.82 Å². The first-order chi connectivity index (χ1) is 12.7. The predicted octanol–water partition coefficient (Wildman–Crippen LogP) is 4.45. The number of carbonyl (C=O) groups is 1. The Morgan fingerprint density at radius 2 is 2.08 bits per heavy atom. The first-order valence-corrected chi connectivity index (χ1v) is 9.11. The lowest BCUT2D eigenvalue weighted by Gasteiger charge is -2.13. The molecule has 5 heteroatoms. The third-order valence-electron chi connectivity index (χ3n) is 4.56. The van der Waals surface area contributed by atoms with Gasteiger partial charge in [-0.15, -0.1) is 0 Å². The van der Waals surface area contributed by atoms with E-state index in [1.54, 1.807) is 30.5 Å². The summed E-state index contributed by atoms with van der Waals surface area (Å²) >= 11 is 0. The van der Waals surface area contributed by atoms with Crippen LogP contribution in [0.15, 0.2) is 54.4 Å². The molecule has 0 radical (unpaired) electrons. The van der Waals surface area contributed by atoms with Gasteiger partial charge in [0.05, 0.1) is 11.3 Å². The number of halogens is 1. The Labute approximate surface area is 153 Å². The Hall–Kier alpha value is -2.69. The van der Waals surface area contributed by atoms with Crippen molar-refractivity contribution in [3.8, 4) is 0 Å². The summed E-state index contributed by atoms with van der Waals surface area (Å²) in [5.74, 6) is -0.585. The predicted molar refractivity (Wildman–Crippen MR) is 101 cm³/mol. The zero-order valence-electron chi connectivity index (χ0n) is 14.8. The monoisotopic (exact) mass is 353 g/mol. The molecule has 0 aliphatic heterocycles. The van der Waals surface area contributed by atoms with Gasteiger partial charge in [0.15, 0.2) is 0 Å². The summed E-state index contributed by atoms with van der Waals surface area (Å²) in [5, 5.41) is 6.06. The van der Waals surface area contributed by atoms with Crippen LogP contribution in [0.1, 0.15) is 48.0 Å². The van der Waals surface area contributed by atoms with Crippen molar-refractivity contribution in [1.29, 1.82) is 0 Å². The van der Waals surface area contributed by atoms with Gasteiger partial charge in [-0.25, -0.2) is 4.39 Å². The van der Waals surface area contributed by atoms with Gasteiger partial charge in [-0.05, 0) is 44.2 Å². The van der Waals surface area contributed by atoms with Crippen LogP contribution in [0.25, 0.3) is 0 Å². The third-order valence-corrected chi connectivity index (χ3v) is 4.56. The summed E-state index contributed by atoms with van der Waals surface area (Å²) in [5.41, 5.74) is 3.25. The molecule has 0 unspecified atom stereocenters. The number of allylic oxidation sites excluding steroid dienone is 1. The third kappa shape index (κ3) is 5.15. The lowest BCUT2D eigenvalue weighted by atomic mass is 9.97. The van der Waals surface area contributed by atoms with Gasteiger partial charge in [0.1, 0.15) is 5.82 Å². The number of benzene rings is 1. The van der Waals surface area contributed by atoms with Crippen molar-refractivity contribution in [3.63, 3.8) is 0 Å². The van der Waals surface area contributed by atoms with E-state index < -0.39 is 0 Å². The van der Waals surface area contributed by atoms with Crippen LogP contribution in [0.5, 0.6) is 0 Å². The fraction of sp³-hybridized carbons (Fsp3) is 0.333. The van der Waals surface area contributed by atoms with Gasteiger partial charge in [0, 0.05) is 31.0 Å². The fourth-order valence-electron chi connectivity index (χ4n) is 3.08. The van der Waals surface area contributed by atoms with Crippen LogP contribution >= 0.6 is 0 Å². The van der Waals surface area contributed by atoms with E-state index in [4.69, 9.17) is 0 Å². The lowest BCUT2D eigenvalue weighted by Crippen LogP contribution is -2.23. The van der Waals surface area contributed by atoms with E-state index in [1.165, 1.54) is 43.5 Å². The van der Waals surface area contributed by atoms with Gasteiger partial charge in [-0.1, -0.05) is 29.8 Å². The molecule has 1 aliphatic carbocycles. The standard InChI is InChI=1S/C21H24FN3O/c22-20-9-5-4-8-17(20)14-25-21(26)18-12-19(15-23-13-18)24-11-10-16-6-2-1-3-7-16/h4-6,8-9,12-13,15,24H,1-3,7,10-11,14H2,(H,25,26). The number of hydrogen-bond donors (Lipinski definition) is 2. The van der Waals surface area contributed by atoms with E-state index >= 15 is 0 Å². The second kappa shape index (κ2) is 9.13. The van der Waals surface area contributed by atoms with E-state index in [0.717, 1.165) is 18.7 Å². The zero-order chi connectivity index (χ0) is 18.2. The summed E-state index contributed by atoms with van der Waals surface area (Å²) in [6.07, 6.45) is 11.6. The average Bonchev–Trinajstić information content (AvgIpc) is 2.68. The van der Waals surface area contributed by atoms with E-state index in [-0.39, 0.29) is 18.3 Å². The number of amides is 1. The van der Waals surface area contributed by atoms with Crippen LogP contribution in [0.4, 0.5) is 10.1 Å². The summed E-state index contributed by atoms with van der Waals surface area (Å²) in [6, 6.07) is 8.20. The SMILES string of the molecule is O=C(NCc1ccccc1F)c1cncc(NCCC2=CCCCC2)c1. The Balaban J connectivity index is 1.52. The van der Waals surface area contributed by atoms with E-state index in [9.17, 15) is 9.18 Å². The molecule has 2 aromatic rings. The van der Waals surface area contributed by atoms with Crippen molar-refractivity contribution >= 4 is 11.6 Å². The van der Waals surface area contributed by atoms with Crippen molar-refractivity contribution in [3.05, 3.63) is 71.3 Å². The number of hydrogen-bond acceptors (Lipinski definition) is 3. The summed E-state index contributed by atoms with van der Waals surface area (Å²) in [6.45, 7) is 0.977. The van der Waals surface area contributed by atoms with Crippen molar-refractivity contribution in [1.82, 2.24) is 10.3 Å². The summed E-state index contributed by atoms with van der Waals surface area (Å²) in [7, 11) is 0. The first-order valence-electron chi connectivity index (χ1n) is 9.11. The molecule has 1 aromatic heterocycles. The number of rotatable bonds is 7. The average molecular weight is 353 g/mol. The smallest absolute Gasteiger partial charge is 0.253 e. The highest BCUT2D eigenvalue weighted by Crippen LogP contribution is 2.20. The number of pyridine rings is 1. The molecule has 0 spiro atoms. The maximum Gasteiger partial charge on any atom is 0.253 e. The largest absolute Gasteiger partial charge is 0.383 e.